The molecule has 3 rings (SSSR count). The van der Waals surface area contributed by atoms with E-state index in [4.69, 9.17) is 4.74 Å². The van der Waals surface area contributed by atoms with Crippen molar-refractivity contribution in [3.63, 3.8) is 0 Å². The smallest absolute Gasteiger partial charge is 0.159 e. The van der Waals surface area contributed by atoms with E-state index in [1.807, 2.05) is 12.2 Å². The number of rotatable bonds is 1. The lowest BCUT2D eigenvalue weighted by atomic mass is 9.84. The second-order valence-corrected chi connectivity index (χ2v) is 6.27. The number of nitrogens with one attached hydrogen (secondary N) is 1. The van der Waals surface area contributed by atoms with Crippen LogP contribution in [0.5, 0.6) is 0 Å². The number of hydrogen-bond acceptors (Lipinski definition) is 7. The number of aliphatic imine (C=N–C) groups is 1. The Morgan fingerprint density at radius 1 is 1.37 bits per heavy atom. The Hall–Kier alpha value is -0.600. The van der Waals surface area contributed by atoms with Gasteiger partial charge >= 0.3 is 0 Å². The number of fused-ring (bicyclic) bond motifs is 1. The van der Waals surface area contributed by atoms with Crippen LogP contribution in [-0.2, 0) is 4.74 Å². The Morgan fingerprint density at radius 3 is 2.68 bits per heavy atom. The van der Waals surface area contributed by atoms with E-state index in [2.05, 4.69) is 10.3 Å². The molecule has 2 aliphatic heterocycles. The summed E-state index contributed by atoms with van der Waals surface area (Å²) in [4.78, 5) is 4.28. The van der Waals surface area contributed by atoms with Gasteiger partial charge in [-0.1, -0.05) is 23.9 Å². The number of nitrogens with zero attached hydrogens (tertiary/aromatic N) is 1. The molecule has 4 N–H and O–H groups in total. The number of thioether (sulfide) groups is 1. The molecule has 1 saturated heterocycles. The van der Waals surface area contributed by atoms with Gasteiger partial charge in [0, 0.05) is 7.05 Å². The molecular formula is C12H18N2O4S. The second-order valence-electron chi connectivity index (χ2n) is 5.18. The van der Waals surface area contributed by atoms with Crippen LogP contribution in [0.25, 0.3) is 0 Å². The lowest BCUT2D eigenvalue weighted by Gasteiger charge is -2.44. The van der Waals surface area contributed by atoms with E-state index < -0.39 is 30.0 Å². The third-order valence-electron chi connectivity index (χ3n) is 3.92. The lowest BCUT2D eigenvalue weighted by molar-refractivity contribution is -0.214. The number of hydrogen-bond donors (Lipinski definition) is 4. The Morgan fingerprint density at radius 2 is 2.05 bits per heavy atom. The molecule has 0 aromatic carbocycles. The van der Waals surface area contributed by atoms with E-state index in [-0.39, 0.29) is 5.44 Å². The minimum atomic E-state index is -1.13. The average molecular weight is 286 g/mol. The normalized spacial score (nSPS) is 44.0. The SMILES string of the molecule is CNC1=N[C@@H]2[C@@H](O)[C@H](O)[C@@H](C3(O)CC=CC3)O[C@@H]2S1. The molecule has 1 aliphatic carbocycles. The second kappa shape index (κ2) is 4.75. The summed E-state index contributed by atoms with van der Waals surface area (Å²) >= 11 is 1.38. The molecule has 19 heavy (non-hydrogen) atoms. The van der Waals surface area contributed by atoms with Crippen molar-refractivity contribution < 1.29 is 20.1 Å². The van der Waals surface area contributed by atoms with Gasteiger partial charge in [-0.25, -0.2) is 0 Å². The van der Waals surface area contributed by atoms with Crippen LogP contribution in [0.2, 0.25) is 0 Å². The third-order valence-corrected chi connectivity index (χ3v) is 5.07. The van der Waals surface area contributed by atoms with E-state index in [0.29, 0.717) is 18.0 Å². The van der Waals surface area contributed by atoms with Gasteiger partial charge in [-0.2, -0.15) is 0 Å². The minimum Gasteiger partial charge on any atom is -0.388 e. The number of aliphatic hydroxyl groups excluding tert-OH is 2. The Balaban J connectivity index is 1.80. The summed E-state index contributed by atoms with van der Waals surface area (Å²) in [6.45, 7) is 0. The maximum absolute atomic E-state index is 10.5. The quantitative estimate of drug-likeness (QED) is 0.472. The van der Waals surface area contributed by atoms with Crippen molar-refractivity contribution in [2.75, 3.05) is 7.05 Å². The van der Waals surface area contributed by atoms with Gasteiger partial charge < -0.3 is 25.4 Å². The van der Waals surface area contributed by atoms with Crippen LogP contribution in [0.1, 0.15) is 12.8 Å². The first kappa shape index (κ1) is 13.4. The zero-order valence-electron chi connectivity index (χ0n) is 10.6. The van der Waals surface area contributed by atoms with Gasteiger partial charge in [-0.05, 0) is 12.8 Å². The van der Waals surface area contributed by atoms with E-state index in [1.54, 1.807) is 7.05 Å². The van der Waals surface area contributed by atoms with Gasteiger partial charge in [-0.15, -0.1) is 0 Å². The Bertz CT molecular complexity index is 420. The highest BCUT2D eigenvalue weighted by Crippen LogP contribution is 2.41. The van der Waals surface area contributed by atoms with Gasteiger partial charge in [0.25, 0.3) is 0 Å². The summed E-state index contributed by atoms with van der Waals surface area (Å²) in [5.41, 5.74) is -1.50. The van der Waals surface area contributed by atoms with Crippen LogP contribution in [0, 0.1) is 0 Å². The summed E-state index contributed by atoms with van der Waals surface area (Å²) in [7, 11) is 1.75. The molecule has 0 bridgehead atoms. The minimum absolute atomic E-state index is 0.365. The number of ether oxygens (including phenoxy) is 1. The fraction of sp³-hybridized carbons (Fsp3) is 0.750. The fourth-order valence-electron chi connectivity index (χ4n) is 2.82. The molecule has 0 aromatic rings. The summed E-state index contributed by atoms with van der Waals surface area (Å²) in [5, 5.41) is 34.5. The maximum Gasteiger partial charge on any atom is 0.159 e. The van der Waals surface area contributed by atoms with Crippen LogP contribution in [0.15, 0.2) is 17.1 Å². The molecule has 0 unspecified atom stereocenters. The zero-order valence-corrected chi connectivity index (χ0v) is 11.4. The van der Waals surface area contributed by atoms with E-state index >= 15 is 0 Å². The molecule has 2 heterocycles. The summed E-state index contributed by atoms with van der Waals surface area (Å²) in [6.07, 6.45) is 1.65. The highest BCUT2D eigenvalue weighted by Gasteiger charge is 2.54. The van der Waals surface area contributed by atoms with Crippen molar-refractivity contribution in [3.05, 3.63) is 12.2 Å². The van der Waals surface area contributed by atoms with Gasteiger partial charge in [0.2, 0.25) is 0 Å². The van der Waals surface area contributed by atoms with Gasteiger partial charge in [0.15, 0.2) is 5.17 Å². The summed E-state index contributed by atoms with van der Waals surface area (Å²) < 4.78 is 5.82. The topological polar surface area (TPSA) is 94.3 Å². The summed E-state index contributed by atoms with van der Waals surface area (Å²) in [6, 6.07) is -0.489. The Labute approximate surface area is 115 Å². The molecule has 0 spiro atoms. The molecule has 106 valence electrons. The van der Waals surface area contributed by atoms with Crippen LogP contribution in [-0.4, -0.2) is 62.9 Å². The molecule has 3 aliphatic rings. The van der Waals surface area contributed by atoms with E-state index in [0.717, 1.165) is 0 Å². The molecule has 0 saturated carbocycles. The standard InChI is InChI=1S/C12H18N2O4S/c1-13-11-14-6-7(15)8(16)9(18-10(6)19-11)12(17)4-2-3-5-12/h2-3,6-10,15-17H,4-5H2,1H3,(H,13,14)/t6-,7-,8+,9+,10-/m1/s1. The largest absolute Gasteiger partial charge is 0.388 e. The van der Waals surface area contributed by atoms with Crippen molar-refractivity contribution in [1.82, 2.24) is 5.32 Å². The molecule has 0 aromatic heterocycles. The first-order valence-electron chi connectivity index (χ1n) is 6.36. The molecule has 0 amide bonds. The average Bonchev–Trinajstić information content (AvgIpc) is 3.00. The van der Waals surface area contributed by atoms with Gasteiger partial charge in [-0.3, -0.25) is 4.99 Å². The van der Waals surface area contributed by atoms with Crippen molar-refractivity contribution >= 4 is 16.9 Å². The van der Waals surface area contributed by atoms with Crippen LogP contribution in [0.4, 0.5) is 0 Å². The number of aliphatic hydroxyl groups is 3. The molecule has 6 nitrogen and oxygen atoms in total. The van der Waals surface area contributed by atoms with Crippen molar-refractivity contribution in [3.8, 4) is 0 Å². The molecule has 5 atom stereocenters. The number of amidine groups is 1. The van der Waals surface area contributed by atoms with E-state index in [1.165, 1.54) is 11.8 Å². The van der Waals surface area contributed by atoms with Gasteiger partial charge in [0.1, 0.15) is 35.4 Å². The molecular weight excluding hydrogens is 268 g/mol. The van der Waals surface area contributed by atoms with Crippen molar-refractivity contribution in [2.45, 2.75) is 48.2 Å². The maximum atomic E-state index is 10.5. The van der Waals surface area contributed by atoms with Gasteiger partial charge in [0.05, 0.1) is 0 Å². The van der Waals surface area contributed by atoms with Crippen LogP contribution in [0.3, 0.4) is 0 Å². The zero-order chi connectivity index (χ0) is 13.6. The molecule has 0 radical (unpaired) electrons. The van der Waals surface area contributed by atoms with Crippen LogP contribution >= 0.6 is 11.8 Å². The van der Waals surface area contributed by atoms with Crippen LogP contribution < -0.4 is 5.32 Å². The first-order chi connectivity index (χ1) is 9.05. The third kappa shape index (κ3) is 2.09. The van der Waals surface area contributed by atoms with Crippen molar-refractivity contribution in [1.29, 1.82) is 0 Å². The fourth-order valence-corrected chi connectivity index (χ4v) is 3.87. The highest BCUT2D eigenvalue weighted by atomic mass is 32.2. The molecule has 1 fully saturated rings. The van der Waals surface area contributed by atoms with Crippen molar-refractivity contribution in [2.24, 2.45) is 4.99 Å². The predicted octanol–water partition coefficient (Wildman–Crippen LogP) is -0.795. The Kier molecular flexibility index (Phi) is 3.34. The summed E-state index contributed by atoms with van der Waals surface area (Å²) in [5.74, 6) is 0. The molecule has 7 heteroatoms. The lowest BCUT2D eigenvalue weighted by Crippen LogP contribution is -2.62. The highest BCUT2D eigenvalue weighted by molar-refractivity contribution is 8.14. The predicted molar refractivity (Wildman–Crippen MR) is 71.9 cm³/mol. The first-order valence-corrected chi connectivity index (χ1v) is 7.24. The van der Waals surface area contributed by atoms with E-state index in [9.17, 15) is 15.3 Å². The monoisotopic (exact) mass is 286 g/mol.